The summed E-state index contributed by atoms with van der Waals surface area (Å²) in [6, 6.07) is -0.171. The van der Waals surface area contributed by atoms with Crippen LogP contribution in [0.5, 0.6) is 0 Å². The first-order valence-electron chi connectivity index (χ1n) is 8.50. The van der Waals surface area contributed by atoms with Crippen LogP contribution in [0.25, 0.3) is 0 Å². The van der Waals surface area contributed by atoms with E-state index in [9.17, 15) is 9.90 Å². The van der Waals surface area contributed by atoms with E-state index in [2.05, 4.69) is 10.6 Å². The topological polar surface area (TPSA) is 70.6 Å². The summed E-state index contributed by atoms with van der Waals surface area (Å²) in [6.07, 6.45) is 10.3. The molecule has 1 saturated carbocycles. The molecule has 1 heterocycles. The fourth-order valence-electron chi connectivity index (χ4n) is 3.29. The number of rotatable bonds is 7. The van der Waals surface area contributed by atoms with Gasteiger partial charge in [0, 0.05) is 39.1 Å². The predicted molar refractivity (Wildman–Crippen MR) is 82.2 cm³/mol. The van der Waals surface area contributed by atoms with Crippen LogP contribution in [0.1, 0.15) is 57.8 Å². The fourth-order valence-corrected chi connectivity index (χ4v) is 3.29. The highest BCUT2D eigenvalue weighted by Crippen LogP contribution is 2.28. The van der Waals surface area contributed by atoms with E-state index < -0.39 is 5.60 Å². The van der Waals surface area contributed by atoms with Gasteiger partial charge in [0.05, 0.1) is 5.60 Å². The van der Waals surface area contributed by atoms with Gasteiger partial charge in [-0.15, -0.1) is 0 Å². The van der Waals surface area contributed by atoms with E-state index in [4.69, 9.17) is 4.74 Å². The van der Waals surface area contributed by atoms with Gasteiger partial charge in [-0.3, -0.25) is 0 Å². The van der Waals surface area contributed by atoms with Crippen molar-refractivity contribution in [3.63, 3.8) is 0 Å². The summed E-state index contributed by atoms with van der Waals surface area (Å²) >= 11 is 0. The monoisotopic (exact) mass is 298 g/mol. The molecule has 0 spiro atoms. The van der Waals surface area contributed by atoms with Crippen LogP contribution in [0.3, 0.4) is 0 Å². The van der Waals surface area contributed by atoms with Crippen LogP contribution in [0, 0.1) is 5.92 Å². The molecule has 0 aromatic heterocycles. The van der Waals surface area contributed by atoms with Gasteiger partial charge in [0.2, 0.25) is 0 Å². The molecule has 2 amide bonds. The number of unbranched alkanes of at least 4 members (excludes halogenated alkanes) is 1. The Bertz CT molecular complexity index is 311. The normalized spacial score (nSPS) is 22.1. The highest BCUT2D eigenvalue weighted by Gasteiger charge is 2.29. The minimum absolute atomic E-state index is 0.171. The number of hydrogen-bond acceptors (Lipinski definition) is 3. The molecule has 1 saturated heterocycles. The molecule has 3 N–H and O–H groups in total. The molecule has 0 atom stereocenters. The van der Waals surface area contributed by atoms with Crippen LogP contribution in [0.15, 0.2) is 0 Å². The second-order valence-corrected chi connectivity index (χ2v) is 6.59. The number of ether oxygens (including phenoxy) is 1. The molecule has 1 aliphatic carbocycles. The van der Waals surface area contributed by atoms with Gasteiger partial charge < -0.3 is 20.5 Å². The van der Waals surface area contributed by atoms with E-state index in [1.165, 1.54) is 38.5 Å². The van der Waals surface area contributed by atoms with Gasteiger partial charge in [0.25, 0.3) is 0 Å². The average molecular weight is 298 g/mol. The van der Waals surface area contributed by atoms with E-state index in [0.717, 1.165) is 18.9 Å². The number of carbonyl (C=O) groups excluding carboxylic acids is 1. The smallest absolute Gasteiger partial charge is 0.314 e. The summed E-state index contributed by atoms with van der Waals surface area (Å²) in [5.74, 6) is 0.932. The van der Waals surface area contributed by atoms with Gasteiger partial charge in [0.15, 0.2) is 0 Å². The lowest BCUT2D eigenvalue weighted by molar-refractivity contribution is -0.0600. The van der Waals surface area contributed by atoms with Gasteiger partial charge in [-0.25, -0.2) is 4.79 Å². The van der Waals surface area contributed by atoms with E-state index >= 15 is 0 Å². The van der Waals surface area contributed by atoms with Crippen LogP contribution in [0.4, 0.5) is 4.79 Å². The molecule has 0 unspecified atom stereocenters. The van der Waals surface area contributed by atoms with E-state index in [1.807, 2.05) is 0 Å². The molecule has 2 rings (SSSR count). The SMILES string of the molecule is O=C(NCCCCC1CCCC1)NCC1(O)CCOCC1. The quantitative estimate of drug-likeness (QED) is 0.631. The van der Waals surface area contributed by atoms with Crippen LogP contribution in [-0.2, 0) is 4.74 Å². The summed E-state index contributed by atoms with van der Waals surface area (Å²) in [5, 5.41) is 15.9. The number of nitrogens with one attached hydrogen (secondary N) is 2. The summed E-state index contributed by atoms with van der Waals surface area (Å²) in [4.78, 5) is 11.7. The zero-order valence-electron chi connectivity index (χ0n) is 13.0. The van der Waals surface area contributed by atoms with Crippen LogP contribution < -0.4 is 10.6 Å². The van der Waals surface area contributed by atoms with Crippen LogP contribution >= 0.6 is 0 Å². The van der Waals surface area contributed by atoms with Gasteiger partial charge in [0.1, 0.15) is 0 Å². The van der Waals surface area contributed by atoms with E-state index in [1.54, 1.807) is 0 Å². The largest absolute Gasteiger partial charge is 0.388 e. The predicted octanol–water partition coefficient (Wildman–Crippen LogP) is 2.19. The molecular weight excluding hydrogens is 268 g/mol. The lowest BCUT2D eigenvalue weighted by Crippen LogP contribution is -2.49. The molecule has 2 fully saturated rings. The lowest BCUT2D eigenvalue weighted by Gasteiger charge is -2.32. The highest BCUT2D eigenvalue weighted by molar-refractivity contribution is 5.73. The molecule has 1 aliphatic heterocycles. The van der Waals surface area contributed by atoms with Crippen molar-refractivity contribution in [1.82, 2.24) is 10.6 Å². The van der Waals surface area contributed by atoms with Crippen LogP contribution in [0.2, 0.25) is 0 Å². The van der Waals surface area contributed by atoms with Gasteiger partial charge in [-0.2, -0.15) is 0 Å². The number of carbonyl (C=O) groups is 1. The first-order valence-corrected chi connectivity index (χ1v) is 8.50. The zero-order valence-corrected chi connectivity index (χ0v) is 13.0. The van der Waals surface area contributed by atoms with Crippen molar-refractivity contribution in [3.05, 3.63) is 0 Å². The van der Waals surface area contributed by atoms with Crippen molar-refractivity contribution in [2.24, 2.45) is 5.92 Å². The van der Waals surface area contributed by atoms with Crippen molar-refractivity contribution < 1.29 is 14.6 Å². The van der Waals surface area contributed by atoms with Crippen molar-refractivity contribution in [1.29, 1.82) is 0 Å². The highest BCUT2D eigenvalue weighted by atomic mass is 16.5. The molecule has 0 bridgehead atoms. The second kappa shape index (κ2) is 8.59. The molecule has 0 aromatic rings. The Balaban J connectivity index is 1.47. The zero-order chi connectivity index (χ0) is 15.0. The van der Waals surface area contributed by atoms with Crippen molar-refractivity contribution in [2.45, 2.75) is 63.4 Å². The Morgan fingerprint density at radius 3 is 2.57 bits per heavy atom. The van der Waals surface area contributed by atoms with E-state index in [0.29, 0.717) is 32.6 Å². The number of amides is 2. The molecule has 5 heteroatoms. The minimum Gasteiger partial charge on any atom is -0.388 e. The summed E-state index contributed by atoms with van der Waals surface area (Å²) in [7, 11) is 0. The average Bonchev–Trinajstić information content (AvgIpc) is 2.99. The number of aliphatic hydroxyl groups is 1. The van der Waals surface area contributed by atoms with Crippen LogP contribution in [-0.4, -0.2) is 43.0 Å². The van der Waals surface area contributed by atoms with Crippen molar-refractivity contribution in [3.8, 4) is 0 Å². The molecule has 2 aliphatic rings. The standard InChI is InChI=1S/C16H30N2O3/c19-15(18-13-16(20)8-11-21-12-9-16)17-10-4-3-7-14-5-1-2-6-14/h14,20H,1-13H2,(H2,17,18,19). The number of hydrogen-bond donors (Lipinski definition) is 3. The Labute approximate surface area is 127 Å². The first kappa shape index (κ1) is 16.6. The van der Waals surface area contributed by atoms with E-state index in [-0.39, 0.29) is 6.03 Å². The third kappa shape index (κ3) is 6.22. The molecular formula is C16H30N2O3. The molecule has 0 aromatic carbocycles. The summed E-state index contributed by atoms with van der Waals surface area (Å²) in [5.41, 5.74) is -0.794. The Morgan fingerprint density at radius 1 is 1.14 bits per heavy atom. The van der Waals surface area contributed by atoms with Gasteiger partial charge >= 0.3 is 6.03 Å². The van der Waals surface area contributed by atoms with Crippen molar-refractivity contribution in [2.75, 3.05) is 26.3 Å². The molecule has 5 nitrogen and oxygen atoms in total. The summed E-state index contributed by atoms with van der Waals surface area (Å²) in [6.45, 7) is 2.17. The Kier molecular flexibility index (Phi) is 6.77. The Morgan fingerprint density at radius 2 is 1.86 bits per heavy atom. The maximum Gasteiger partial charge on any atom is 0.314 e. The summed E-state index contributed by atoms with van der Waals surface area (Å²) < 4.78 is 5.22. The Hall–Kier alpha value is -0.810. The third-order valence-corrected chi connectivity index (χ3v) is 4.80. The molecule has 21 heavy (non-hydrogen) atoms. The fraction of sp³-hybridized carbons (Fsp3) is 0.938. The minimum atomic E-state index is -0.794. The van der Waals surface area contributed by atoms with Gasteiger partial charge in [-0.05, 0) is 12.3 Å². The third-order valence-electron chi connectivity index (χ3n) is 4.80. The lowest BCUT2D eigenvalue weighted by atomic mass is 9.94. The maximum absolute atomic E-state index is 11.7. The maximum atomic E-state index is 11.7. The van der Waals surface area contributed by atoms with Crippen molar-refractivity contribution >= 4 is 6.03 Å². The molecule has 0 radical (unpaired) electrons. The number of urea groups is 1. The molecule has 122 valence electrons. The van der Waals surface area contributed by atoms with Gasteiger partial charge in [-0.1, -0.05) is 38.5 Å². The first-order chi connectivity index (χ1) is 10.2. The second-order valence-electron chi connectivity index (χ2n) is 6.59.